The van der Waals surface area contributed by atoms with Gasteiger partial charge in [0.15, 0.2) is 0 Å². The quantitative estimate of drug-likeness (QED) is 0.446. The van der Waals surface area contributed by atoms with Crippen LogP contribution in [0.5, 0.6) is 0 Å². The van der Waals surface area contributed by atoms with Gasteiger partial charge >= 0.3 is 0 Å². The molecule has 0 unspecified atom stereocenters. The van der Waals surface area contributed by atoms with Crippen LogP contribution < -0.4 is 5.32 Å². The second-order valence-corrected chi connectivity index (χ2v) is 6.81. The lowest BCUT2D eigenvalue weighted by atomic mass is 9.99. The number of fused-ring (bicyclic) bond motifs is 2. The van der Waals surface area contributed by atoms with Gasteiger partial charge in [0.1, 0.15) is 4.88 Å². The minimum atomic E-state index is -0.174. The number of nitrogens with one attached hydrogen (secondary N) is 3. The van der Waals surface area contributed by atoms with Crippen LogP contribution in [0.3, 0.4) is 0 Å². The molecular formula is C19H13N5OS. The number of hydrogen-bond donors (Lipinski definition) is 3. The minimum Gasteiger partial charge on any atom is -0.361 e. The maximum atomic E-state index is 12.5. The highest BCUT2D eigenvalue weighted by atomic mass is 32.1. The Bertz CT molecular complexity index is 1240. The molecule has 3 N–H and O–H groups in total. The van der Waals surface area contributed by atoms with Gasteiger partial charge in [0, 0.05) is 22.5 Å². The fraction of sp³-hybridized carbons (Fsp3) is 0. The molecule has 2 aromatic carbocycles. The number of benzene rings is 2. The molecule has 26 heavy (non-hydrogen) atoms. The Morgan fingerprint density at radius 3 is 2.92 bits per heavy atom. The van der Waals surface area contributed by atoms with E-state index in [1.54, 1.807) is 17.9 Å². The molecule has 0 saturated heterocycles. The summed E-state index contributed by atoms with van der Waals surface area (Å²) >= 11 is 1.31. The average Bonchev–Trinajstić information content (AvgIpc) is 3.40. The molecule has 5 aromatic rings. The third-order valence-corrected chi connectivity index (χ3v) is 5.14. The average molecular weight is 359 g/mol. The molecule has 1 amide bonds. The summed E-state index contributed by atoms with van der Waals surface area (Å²) in [7, 11) is 0. The molecule has 0 aliphatic heterocycles. The number of aromatic nitrogens is 4. The zero-order valence-corrected chi connectivity index (χ0v) is 14.3. The monoisotopic (exact) mass is 359 g/mol. The summed E-state index contributed by atoms with van der Waals surface area (Å²) in [5, 5.41) is 12.1. The molecule has 0 spiro atoms. The van der Waals surface area contributed by atoms with Crippen molar-refractivity contribution in [3.05, 3.63) is 65.4 Å². The number of amides is 1. The van der Waals surface area contributed by atoms with Crippen LogP contribution in [0.25, 0.3) is 32.9 Å². The van der Waals surface area contributed by atoms with Crippen LogP contribution in [0.15, 0.2) is 60.5 Å². The molecule has 0 aliphatic carbocycles. The number of rotatable bonds is 3. The summed E-state index contributed by atoms with van der Waals surface area (Å²) in [4.78, 5) is 20.3. The van der Waals surface area contributed by atoms with Crippen molar-refractivity contribution in [3.63, 3.8) is 0 Å². The van der Waals surface area contributed by atoms with Crippen LogP contribution in [0.1, 0.15) is 9.67 Å². The van der Waals surface area contributed by atoms with Crippen molar-refractivity contribution < 1.29 is 4.79 Å². The van der Waals surface area contributed by atoms with Crippen LogP contribution in [0, 0.1) is 0 Å². The lowest BCUT2D eigenvalue weighted by molar-refractivity contribution is 0.103. The topological polar surface area (TPSA) is 86.5 Å². The SMILES string of the molecule is O=C(Nc1cc(-c2cccc3[nH]ccc23)cc2[nH]ncc12)c1cncs1. The summed E-state index contributed by atoms with van der Waals surface area (Å²) in [6.07, 6.45) is 5.21. The molecular weight excluding hydrogens is 346 g/mol. The van der Waals surface area contributed by atoms with Crippen molar-refractivity contribution in [1.29, 1.82) is 0 Å². The van der Waals surface area contributed by atoms with Crippen LogP contribution in [0.2, 0.25) is 0 Å². The Balaban J connectivity index is 1.66. The van der Waals surface area contributed by atoms with Gasteiger partial charge in [-0.05, 0) is 35.4 Å². The summed E-state index contributed by atoms with van der Waals surface area (Å²) in [6.45, 7) is 0. The second kappa shape index (κ2) is 5.82. The fourth-order valence-electron chi connectivity index (χ4n) is 3.16. The Labute approximate surface area is 151 Å². The Morgan fingerprint density at radius 1 is 1.08 bits per heavy atom. The maximum absolute atomic E-state index is 12.5. The van der Waals surface area contributed by atoms with Crippen molar-refractivity contribution in [2.45, 2.75) is 0 Å². The van der Waals surface area contributed by atoms with Gasteiger partial charge in [-0.2, -0.15) is 5.10 Å². The molecule has 0 fully saturated rings. The Kier molecular flexibility index (Phi) is 3.32. The summed E-state index contributed by atoms with van der Waals surface area (Å²) in [5.74, 6) is -0.174. The largest absolute Gasteiger partial charge is 0.361 e. The second-order valence-electron chi connectivity index (χ2n) is 5.92. The van der Waals surface area contributed by atoms with E-state index in [1.165, 1.54) is 11.3 Å². The van der Waals surface area contributed by atoms with Crippen molar-refractivity contribution >= 4 is 44.7 Å². The van der Waals surface area contributed by atoms with Crippen molar-refractivity contribution in [2.75, 3.05) is 5.32 Å². The smallest absolute Gasteiger partial charge is 0.267 e. The van der Waals surface area contributed by atoms with Gasteiger partial charge in [-0.25, -0.2) is 0 Å². The number of aromatic amines is 2. The lowest BCUT2D eigenvalue weighted by Crippen LogP contribution is -2.10. The predicted molar refractivity (Wildman–Crippen MR) is 103 cm³/mol. The number of carbonyl (C=O) groups is 1. The highest BCUT2D eigenvalue weighted by Gasteiger charge is 2.14. The van der Waals surface area contributed by atoms with Crippen molar-refractivity contribution in [1.82, 2.24) is 20.2 Å². The molecule has 5 rings (SSSR count). The van der Waals surface area contributed by atoms with Gasteiger partial charge in [0.05, 0.1) is 29.1 Å². The van der Waals surface area contributed by atoms with Gasteiger partial charge < -0.3 is 10.3 Å². The first-order chi connectivity index (χ1) is 12.8. The molecule has 0 saturated carbocycles. The molecule has 3 aromatic heterocycles. The summed E-state index contributed by atoms with van der Waals surface area (Å²) in [5.41, 5.74) is 6.40. The number of anilines is 1. The molecule has 126 valence electrons. The van der Waals surface area contributed by atoms with E-state index in [9.17, 15) is 4.79 Å². The molecule has 0 bridgehead atoms. The van der Waals surface area contributed by atoms with E-state index in [0.717, 1.165) is 38.6 Å². The fourth-order valence-corrected chi connectivity index (χ4v) is 3.67. The lowest BCUT2D eigenvalue weighted by Gasteiger charge is -2.10. The molecule has 7 heteroatoms. The van der Waals surface area contributed by atoms with Crippen LogP contribution in [0.4, 0.5) is 5.69 Å². The first-order valence-corrected chi connectivity index (χ1v) is 8.91. The van der Waals surface area contributed by atoms with E-state index in [0.29, 0.717) is 4.88 Å². The molecule has 0 aliphatic rings. The van der Waals surface area contributed by atoms with Gasteiger partial charge in [0.25, 0.3) is 5.91 Å². The third-order valence-electron chi connectivity index (χ3n) is 4.37. The van der Waals surface area contributed by atoms with Gasteiger partial charge in [-0.3, -0.25) is 14.9 Å². The summed E-state index contributed by atoms with van der Waals surface area (Å²) < 4.78 is 0. The van der Waals surface area contributed by atoms with E-state index >= 15 is 0 Å². The van der Waals surface area contributed by atoms with E-state index in [1.807, 2.05) is 30.5 Å². The number of nitrogens with zero attached hydrogens (tertiary/aromatic N) is 2. The number of hydrogen-bond acceptors (Lipinski definition) is 4. The van der Waals surface area contributed by atoms with Crippen molar-refractivity contribution in [2.24, 2.45) is 0 Å². The zero-order chi connectivity index (χ0) is 17.5. The van der Waals surface area contributed by atoms with Crippen LogP contribution in [-0.4, -0.2) is 26.1 Å². The number of carbonyl (C=O) groups excluding carboxylic acids is 1. The van der Waals surface area contributed by atoms with E-state index in [-0.39, 0.29) is 5.91 Å². The maximum Gasteiger partial charge on any atom is 0.267 e. The predicted octanol–water partition coefficient (Wildman–Crippen LogP) is 4.42. The molecule has 0 radical (unpaired) electrons. The highest BCUT2D eigenvalue weighted by molar-refractivity contribution is 7.11. The van der Waals surface area contributed by atoms with Crippen molar-refractivity contribution in [3.8, 4) is 11.1 Å². The number of H-pyrrole nitrogens is 2. The van der Waals surface area contributed by atoms with Gasteiger partial charge in [-0.1, -0.05) is 12.1 Å². The molecule has 0 atom stereocenters. The molecule has 6 nitrogen and oxygen atoms in total. The highest BCUT2D eigenvalue weighted by Crippen LogP contribution is 2.34. The molecule has 3 heterocycles. The number of thiazole rings is 1. The Hall–Kier alpha value is -3.45. The van der Waals surface area contributed by atoms with Crippen LogP contribution in [-0.2, 0) is 0 Å². The standard InChI is InChI=1S/C19H13N5OS/c25-19(18-9-20-10-26-18)23-16-6-11(7-17-14(16)8-22-24-17)12-2-1-3-15-13(12)4-5-21-15/h1-10,21H,(H,22,24)(H,23,25). The van der Waals surface area contributed by atoms with Gasteiger partial charge in [0.2, 0.25) is 0 Å². The van der Waals surface area contributed by atoms with E-state index < -0.39 is 0 Å². The van der Waals surface area contributed by atoms with E-state index in [2.05, 4.69) is 37.6 Å². The van der Waals surface area contributed by atoms with Crippen LogP contribution >= 0.6 is 11.3 Å². The first-order valence-electron chi connectivity index (χ1n) is 8.03. The normalized spacial score (nSPS) is 11.2. The third kappa shape index (κ3) is 2.37. The Morgan fingerprint density at radius 2 is 2.04 bits per heavy atom. The first kappa shape index (κ1) is 14.9. The van der Waals surface area contributed by atoms with E-state index in [4.69, 9.17) is 0 Å². The summed E-state index contributed by atoms with van der Waals surface area (Å²) in [6, 6.07) is 12.2. The van der Waals surface area contributed by atoms with Gasteiger partial charge in [-0.15, -0.1) is 11.3 Å². The zero-order valence-electron chi connectivity index (χ0n) is 13.5. The minimum absolute atomic E-state index is 0.174.